The van der Waals surface area contributed by atoms with Crippen LogP contribution in [0, 0.1) is 17.8 Å². The van der Waals surface area contributed by atoms with E-state index in [2.05, 4.69) is 27.4 Å². The van der Waals surface area contributed by atoms with Gasteiger partial charge in [0.25, 0.3) is 0 Å². The second-order valence-electron chi connectivity index (χ2n) is 17.0. The molecule has 9 rings (SSSR count). The Morgan fingerprint density at radius 2 is 1.53 bits per heavy atom. The number of primary amides is 1. The number of hydrogen-bond donors (Lipinski definition) is 4. The topological polar surface area (TPSA) is 212 Å². The summed E-state index contributed by atoms with van der Waals surface area (Å²) in [5, 5.41) is 15.1. The van der Waals surface area contributed by atoms with Gasteiger partial charge in [-0.05, 0) is 76.9 Å². The molecule has 0 saturated carbocycles. The number of nitrogens with two attached hydrogens (primary N) is 1. The lowest BCUT2D eigenvalue weighted by Crippen LogP contribution is -2.54. The van der Waals surface area contributed by atoms with Crippen LogP contribution in [0.3, 0.4) is 0 Å². The molecule has 1 spiro atoms. The summed E-state index contributed by atoms with van der Waals surface area (Å²) in [6.45, 7) is 2.06. The summed E-state index contributed by atoms with van der Waals surface area (Å²) < 4.78 is 28.8. The van der Waals surface area contributed by atoms with Crippen molar-refractivity contribution in [1.29, 1.82) is 0 Å². The molecule has 5 N–H and O–H groups in total. The van der Waals surface area contributed by atoms with E-state index in [1.807, 2.05) is 77.7 Å². The Balaban J connectivity index is 1.31. The van der Waals surface area contributed by atoms with Gasteiger partial charge in [0, 0.05) is 37.1 Å². The zero-order valence-corrected chi connectivity index (χ0v) is 38.3. The average Bonchev–Trinajstić information content (AvgIpc) is 3.84. The quantitative estimate of drug-likeness (QED) is 0.0697. The van der Waals surface area contributed by atoms with Gasteiger partial charge in [-0.15, -0.1) is 0 Å². The second kappa shape index (κ2) is 20.9. The zero-order valence-electron chi connectivity index (χ0n) is 38.3. The minimum Gasteiger partial charge on any atom is -0.491 e. The highest BCUT2D eigenvalue weighted by Gasteiger charge is 2.75. The van der Waals surface area contributed by atoms with Crippen LogP contribution in [0.15, 0.2) is 127 Å². The fraction of sp³-hybridized carbons (Fsp3) is 0.302. The van der Waals surface area contributed by atoms with Crippen LogP contribution in [-0.4, -0.2) is 112 Å². The van der Waals surface area contributed by atoms with Crippen LogP contribution in [0.4, 0.5) is 26.7 Å². The first-order chi connectivity index (χ1) is 34.1. The number of nitrogens with one attached hydrogen (secondary N) is 2. The largest absolute Gasteiger partial charge is 0.491 e. The maximum atomic E-state index is 16.4. The van der Waals surface area contributed by atoms with Crippen molar-refractivity contribution in [2.45, 2.75) is 29.6 Å². The number of hydrogen-bond acceptors (Lipinski definition) is 13. The smallest absolute Gasteiger partial charge is 0.421 e. The van der Waals surface area contributed by atoms with Gasteiger partial charge in [0.1, 0.15) is 36.5 Å². The van der Waals surface area contributed by atoms with Gasteiger partial charge in [0.15, 0.2) is 0 Å². The number of anilines is 3. The van der Waals surface area contributed by atoms with Crippen molar-refractivity contribution < 1.29 is 52.8 Å². The Kier molecular flexibility index (Phi) is 14.1. The number of imide groups is 1. The molecule has 0 bridgehead atoms. The highest BCUT2D eigenvalue weighted by Crippen LogP contribution is 2.66. The summed E-state index contributed by atoms with van der Waals surface area (Å²) in [6.07, 6.45) is -1.97. The zero-order chi connectivity index (χ0) is 48.8. The molecule has 6 unspecified atom stereocenters. The minimum absolute atomic E-state index is 0.0159. The Hall–Kier alpha value is -7.75. The molecule has 6 atom stereocenters. The maximum absolute atomic E-state index is 16.4. The van der Waals surface area contributed by atoms with Crippen molar-refractivity contribution >= 4 is 47.0 Å². The number of benzene rings is 5. The Bertz CT molecular complexity index is 2780. The Morgan fingerprint density at radius 1 is 0.829 bits per heavy atom. The van der Waals surface area contributed by atoms with E-state index in [4.69, 9.17) is 29.4 Å². The van der Waals surface area contributed by atoms with Gasteiger partial charge < -0.3 is 50.1 Å². The standard InChI is InChI=1S/C53H52N6O11/c1-66-31-32-69-52(65)58-42-23-14-34(9-8-24-55-51(54)64)33-41(42)53(50(58)63)43(48(61)56-38-17-19-39(20-18-38)57-25-28-67-29-26-57)45-49(62)70-46(36-12-6-3-7-13-36)44(35-10-4-2-5-11-35)59(45)47(53)37-15-21-40(22-16-37)68-30-27-60/h2-7,10-23,33,43-47,60H,24-32H2,1H3,(H,56,61)(H3,54,55,64). The molecule has 5 aromatic rings. The predicted molar refractivity (Wildman–Crippen MR) is 257 cm³/mol. The number of amides is 5. The Morgan fingerprint density at radius 3 is 2.20 bits per heavy atom. The molecule has 3 saturated heterocycles. The number of morpholine rings is 2. The number of carbonyl (C=O) groups excluding carboxylic acids is 5. The van der Waals surface area contributed by atoms with Crippen molar-refractivity contribution in [1.82, 2.24) is 10.2 Å². The van der Waals surface area contributed by atoms with Crippen LogP contribution < -0.4 is 30.9 Å². The fourth-order valence-electron chi connectivity index (χ4n) is 10.2. The lowest BCUT2D eigenvalue weighted by atomic mass is 9.65. The van der Waals surface area contributed by atoms with Crippen LogP contribution in [0.25, 0.3) is 0 Å². The average molecular weight is 949 g/mol. The van der Waals surface area contributed by atoms with Crippen molar-refractivity contribution in [3.63, 3.8) is 0 Å². The number of aliphatic hydroxyl groups is 1. The number of methoxy groups -OCH3 is 1. The molecule has 17 nitrogen and oxygen atoms in total. The van der Waals surface area contributed by atoms with Gasteiger partial charge in [0.2, 0.25) is 11.8 Å². The van der Waals surface area contributed by atoms with Crippen LogP contribution >= 0.6 is 0 Å². The highest BCUT2D eigenvalue weighted by atomic mass is 16.6. The number of ether oxygens (including phenoxy) is 5. The molecular weight excluding hydrogens is 897 g/mol. The lowest BCUT2D eigenvalue weighted by Gasteiger charge is -2.46. The number of rotatable bonds is 13. The number of carbonyl (C=O) groups is 5. The number of esters is 1. The summed E-state index contributed by atoms with van der Waals surface area (Å²) in [5.74, 6) is 2.44. The van der Waals surface area contributed by atoms with Crippen molar-refractivity contribution in [3.05, 3.63) is 155 Å². The number of urea groups is 1. The first-order valence-corrected chi connectivity index (χ1v) is 23.0. The molecule has 4 aliphatic rings. The molecule has 5 amide bonds. The molecule has 5 aromatic carbocycles. The van der Waals surface area contributed by atoms with Gasteiger partial charge >= 0.3 is 18.1 Å². The van der Waals surface area contributed by atoms with E-state index in [0.29, 0.717) is 54.4 Å². The second-order valence-corrected chi connectivity index (χ2v) is 17.0. The minimum atomic E-state index is -2.10. The van der Waals surface area contributed by atoms with Crippen molar-refractivity contribution in [2.24, 2.45) is 11.7 Å². The van der Waals surface area contributed by atoms with Crippen molar-refractivity contribution in [3.8, 4) is 17.6 Å². The maximum Gasteiger partial charge on any atom is 0.421 e. The summed E-state index contributed by atoms with van der Waals surface area (Å²) in [4.78, 5) is 78.8. The number of cyclic esters (lactones) is 1. The van der Waals surface area contributed by atoms with E-state index in [9.17, 15) is 14.7 Å². The summed E-state index contributed by atoms with van der Waals surface area (Å²) >= 11 is 0. The molecule has 4 aliphatic heterocycles. The van der Waals surface area contributed by atoms with E-state index in [0.717, 1.165) is 16.2 Å². The van der Waals surface area contributed by atoms with E-state index < -0.39 is 65.5 Å². The molecule has 0 aromatic heterocycles. The third-order valence-electron chi connectivity index (χ3n) is 13.1. The van der Waals surface area contributed by atoms with Gasteiger partial charge in [-0.2, -0.15) is 0 Å². The molecular formula is C53H52N6O11. The number of fused-ring (bicyclic) bond motifs is 3. The first-order valence-electron chi connectivity index (χ1n) is 23.0. The molecule has 0 radical (unpaired) electrons. The van der Waals surface area contributed by atoms with Gasteiger partial charge in [-0.25, -0.2) is 14.5 Å². The van der Waals surface area contributed by atoms with E-state index >= 15 is 14.4 Å². The SMILES string of the molecule is COCCOC(=O)N1C(=O)C2(c3cc(C#CCNC(N)=O)ccc31)C(C(=O)Nc1ccc(N3CCOCC3)cc1)C1C(=O)OC(c3ccccc3)C(c3ccccc3)N1C2c1ccc(OCCO)cc1. The van der Waals surface area contributed by atoms with Gasteiger partial charge in [-0.1, -0.05) is 84.6 Å². The van der Waals surface area contributed by atoms with Gasteiger partial charge in [0.05, 0.1) is 56.7 Å². The predicted octanol–water partition coefficient (Wildman–Crippen LogP) is 5.00. The first kappa shape index (κ1) is 47.3. The molecule has 0 aliphatic carbocycles. The summed E-state index contributed by atoms with van der Waals surface area (Å²) in [5.41, 5.74) is 7.11. The summed E-state index contributed by atoms with van der Waals surface area (Å²) in [7, 11) is 1.45. The van der Waals surface area contributed by atoms with Gasteiger partial charge in [-0.3, -0.25) is 19.3 Å². The molecule has 70 heavy (non-hydrogen) atoms. The third-order valence-corrected chi connectivity index (χ3v) is 13.1. The molecule has 4 heterocycles. The molecule has 360 valence electrons. The summed E-state index contributed by atoms with van der Waals surface area (Å²) in [6, 6.07) is 33.4. The van der Waals surface area contributed by atoms with E-state index in [-0.39, 0.29) is 44.2 Å². The molecule has 3 fully saturated rings. The van der Waals surface area contributed by atoms with Crippen molar-refractivity contribution in [2.75, 3.05) is 81.5 Å². The normalized spacial score (nSPS) is 22.6. The third kappa shape index (κ3) is 9.01. The fourth-order valence-corrected chi connectivity index (χ4v) is 10.2. The van der Waals surface area contributed by atoms with Crippen LogP contribution in [0.2, 0.25) is 0 Å². The van der Waals surface area contributed by atoms with E-state index in [1.165, 1.54) is 7.11 Å². The van der Waals surface area contributed by atoms with Crippen LogP contribution in [0.1, 0.15) is 46.0 Å². The van der Waals surface area contributed by atoms with Crippen LogP contribution in [0.5, 0.6) is 5.75 Å². The highest BCUT2D eigenvalue weighted by molar-refractivity contribution is 6.24. The Labute approximate surface area is 404 Å². The van der Waals surface area contributed by atoms with Crippen LogP contribution in [-0.2, 0) is 38.7 Å². The number of aliphatic hydroxyl groups excluding tert-OH is 1. The lowest BCUT2D eigenvalue weighted by molar-refractivity contribution is -0.177. The molecule has 17 heteroatoms. The van der Waals surface area contributed by atoms with E-state index in [1.54, 1.807) is 54.6 Å². The number of nitrogens with zero attached hydrogens (tertiary/aromatic N) is 3. The monoisotopic (exact) mass is 948 g/mol.